The van der Waals surface area contributed by atoms with Gasteiger partial charge in [0.25, 0.3) is 5.91 Å². The number of anilines is 1. The number of rotatable bonds is 3. The Labute approximate surface area is 115 Å². The lowest BCUT2D eigenvalue weighted by atomic mass is 10.2. The third kappa shape index (κ3) is 3.06. The molecule has 4 heteroatoms. The molecule has 0 atom stereocenters. The summed E-state index contributed by atoms with van der Waals surface area (Å²) in [7, 11) is 0. The van der Waals surface area contributed by atoms with E-state index in [1.54, 1.807) is 30.0 Å². The molecule has 2 nitrogen and oxygen atoms in total. The zero-order chi connectivity index (χ0) is 13.0. The van der Waals surface area contributed by atoms with E-state index in [9.17, 15) is 4.79 Å². The molecule has 0 aliphatic carbocycles. The predicted octanol–water partition coefficient (Wildman–Crippen LogP) is 4.31. The van der Waals surface area contributed by atoms with Gasteiger partial charge in [0.15, 0.2) is 0 Å². The minimum atomic E-state index is -0.154. The lowest BCUT2D eigenvalue weighted by Crippen LogP contribution is -2.12. The quantitative estimate of drug-likeness (QED) is 0.847. The summed E-state index contributed by atoms with van der Waals surface area (Å²) in [6, 6.07) is 14.7. The molecule has 1 N–H and O–H groups in total. The molecule has 0 aliphatic heterocycles. The SMILES string of the molecule is CSc1cccc(C(=O)Nc2ccccc2Cl)c1. The topological polar surface area (TPSA) is 29.1 Å². The molecule has 18 heavy (non-hydrogen) atoms. The first kappa shape index (κ1) is 13.0. The summed E-state index contributed by atoms with van der Waals surface area (Å²) in [5, 5.41) is 3.33. The first-order chi connectivity index (χ1) is 8.70. The van der Waals surface area contributed by atoms with Crippen LogP contribution < -0.4 is 5.32 Å². The van der Waals surface area contributed by atoms with Crippen LogP contribution in [-0.2, 0) is 0 Å². The Balaban J connectivity index is 2.19. The molecule has 0 spiro atoms. The van der Waals surface area contributed by atoms with E-state index in [1.165, 1.54) is 0 Å². The van der Waals surface area contributed by atoms with E-state index >= 15 is 0 Å². The summed E-state index contributed by atoms with van der Waals surface area (Å²) in [5.41, 5.74) is 1.25. The maximum atomic E-state index is 12.1. The standard InChI is InChI=1S/C14H12ClNOS/c1-18-11-6-4-5-10(9-11)14(17)16-13-8-3-2-7-12(13)15/h2-9H,1H3,(H,16,17). The Morgan fingerprint density at radius 1 is 1.17 bits per heavy atom. The van der Waals surface area contributed by atoms with Crippen LogP contribution in [0.5, 0.6) is 0 Å². The Kier molecular flexibility index (Phi) is 4.28. The molecule has 1 amide bonds. The maximum absolute atomic E-state index is 12.1. The van der Waals surface area contributed by atoms with Gasteiger partial charge >= 0.3 is 0 Å². The molecule has 0 radical (unpaired) electrons. The number of benzene rings is 2. The average molecular weight is 278 g/mol. The minimum Gasteiger partial charge on any atom is -0.321 e. The number of thioether (sulfide) groups is 1. The van der Waals surface area contributed by atoms with Crippen molar-refractivity contribution in [3.8, 4) is 0 Å². The highest BCUT2D eigenvalue weighted by Crippen LogP contribution is 2.22. The van der Waals surface area contributed by atoms with Gasteiger partial charge in [0, 0.05) is 10.5 Å². The zero-order valence-corrected chi connectivity index (χ0v) is 11.4. The molecule has 0 heterocycles. The molecule has 0 aromatic heterocycles. The number of nitrogens with one attached hydrogen (secondary N) is 1. The summed E-state index contributed by atoms with van der Waals surface area (Å²) in [6.07, 6.45) is 1.98. The number of hydrogen-bond acceptors (Lipinski definition) is 2. The van der Waals surface area contributed by atoms with Crippen LogP contribution in [0.3, 0.4) is 0 Å². The largest absolute Gasteiger partial charge is 0.321 e. The fourth-order valence-electron chi connectivity index (χ4n) is 1.52. The Bertz CT molecular complexity index is 571. The van der Waals surface area contributed by atoms with Gasteiger partial charge in [-0.2, -0.15) is 0 Å². The third-order valence-electron chi connectivity index (χ3n) is 2.45. The molecular weight excluding hydrogens is 266 g/mol. The van der Waals surface area contributed by atoms with Gasteiger partial charge in [0.05, 0.1) is 10.7 Å². The van der Waals surface area contributed by atoms with Crippen molar-refractivity contribution in [1.29, 1.82) is 0 Å². The number of carbonyl (C=O) groups excluding carboxylic acids is 1. The van der Waals surface area contributed by atoms with Gasteiger partial charge < -0.3 is 5.32 Å². The van der Waals surface area contributed by atoms with E-state index in [0.717, 1.165) is 4.90 Å². The van der Waals surface area contributed by atoms with E-state index in [1.807, 2.05) is 36.6 Å². The predicted molar refractivity (Wildman–Crippen MR) is 77.6 cm³/mol. The van der Waals surface area contributed by atoms with E-state index < -0.39 is 0 Å². The summed E-state index contributed by atoms with van der Waals surface area (Å²) in [4.78, 5) is 13.1. The van der Waals surface area contributed by atoms with Gasteiger partial charge in [-0.3, -0.25) is 4.79 Å². The van der Waals surface area contributed by atoms with Gasteiger partial charge in [0.1, 0.15) is 0 Å². The Morgan fingerprint density at radius 2 is 1.94 bits per heavy atom. The van der Waals surface area contributed by atoms with E-state index in [-0.39, 0.29) is 5.91 Å². The lowest BCUT2D eigenvalue weighted by Gasteiger charge is -2.07. The lowest BCUT2D eigenvalue weighted by molar-refractivity contribution is 0.102. The first-order valence-electron chi connectivity index (χ1n) is 5.40. The van der Waals surface area contributed by atoms with Crippen LogP contribution in [0.15, 0.2) is 53.4 Å². The van der Waals surface area contributed by atoms with Crippen LogP contribution in [0.4, 0.5) is 5.69 Å². The van der Waals surface area contributed by atoms with Gasteiger partial charge in [-0.1, -0.05) is 29.8 Å². The molecule has 2 rings (SSSR count). The van der Waals surface area contributed by atoms with Crippen molar-refractivity contribution in [3.63, 3.8) is 0 Å². The fourth-order valence-corrected chi connectivity index (χ4v) is 2.16. The number of hydrogen-bond donors (Lipinski definition) is 1. The molecule has 0 saturated heterocycles. The van der Waals surface area contributed by atoms with Crippen LogP contribution in [0.25, 0.3) is 0 Å². The Morgan fingerprint density at radius 3 is 2.67 bits per heavy atom. The van der Waals surface area contributed by atoms with Crippen molar-refractivity contribution >= 4 is 35.0 Å². The number of carbonyl (C=O) groups is 1. The van der Waals surface area contributed by atoms with Gasteiger partial charge in [0.2, 0.25) is 0 Å². The molecule has 0 aliphatic rings. The van der Waals surface area contributed by atoms with Gasteiger partial charge in [-0.25, -0.2) is 0 Å². The van der Waals surface area contributed by atoms with E-state index in [4.69, 9.17) is 11.6 Å². The second-order valence-electron chi connectivity index (χ2n) is 3.67. The highest BCUT2D eigenvalue weighted by molar-refractivity contribution is 7.98. The van der Waals surface area contributed by atoms with Crippen LogP contribution in [-0.4, -0.2) is 12.2 Å². The number of halogens is 1. The zero-order valence-electron chi connectivity index (χ0n) is 9.81. The second kappa shape index (κ2) is 5.94. The van der Waals surface area contributed by atoms with E-state index in [0.29, 0.717) is 16.3 Å². The average Bonchev–Trinajstić information content (AvgIpc) is 2.41. The highest BCUT2D eigenvalue weighted by Gasteiger charge is 2.08. The maximum Gasteiger partial charge on any atom is 0.255 e. The van der Waals surface area contributed by atoms with Crippen molar-refractivity contribution in [2.24, 2.45) is 0 Å². The Hall–Kier alpha value is -1.45. The molecule has 2 aromatic carbocycles. The summed E-state index contributed by atoms with van der Waals surface area (Å²) in [6.45, 7) is 0. The smallest absolute Gasteiger partial charge is 0.255 e. The normalized spacial score (nSPS) is 10.1. The van der Waals surface area contributed by atoms with Crippen molar-refractivity contribution in [2.45, 2.75) is 4.90 Å². The van der Waals surface area contributed by atoms with Crippen molar-refractivity contribution in [1.82, 2.24) is 0 Å². The first-order valence-corrected chi connectivity index (χ1v) is 7.01. The number of para-hydroxylation sites is 1. The third-order valence-corrected chi connectivity index (χ3v) is 3.51. The summed E-state index contributed by atoms with van der Waals surface area (Å²) in [5.74, 6) is -0.154. The summed E-state index contributed by atoms with van der Waals surface area (Å²) < 4.78 is 0. The number of amides is 1. The van der Waals surface area contributed by atoms with Crippen LogP contribution in [0.1, 0.15) is 10.4 Å². The van der Waals surface area contributed by atoms with Crippen molar-refractivity contribution < 1.29 is 4.79 Å². The minimum absolute atomic E-state index is 0.154. The molecule has 2 aromatic rings. The van der Waals surface area contributed by atoms with Crippen LogP contribution >= 0.6 is 23.4 Å². The van der Waals surface area contributed by atoms with Crippen LogP contribution in [0, 0.1) is 0 Å². The molecular formula is C14H12ClNOS. The summed E-state index contributed by atoms with van der Waals surface area (Å²) >= 11 is 7.60. The molecule has 0 fully saturated rings. The van der Waals surface area contributed by atoms with Crippen LogP contribution in [0.2, 0.25) is 5.02 Å². The van der Waals surface area contributed by atoms with Gasteiger partial charge in [-0.05, 0) is 36.6 Å². The monoisotopic (exact) mass is 277 g/mol. The molecule has 92 valence electrons. The van der Waals surface area contributed by atoms with Gasteiger partial charge in [-0.15, -0.1) is 11.8 Å². The fraction of sp³-hybridized carbons (Fsp3) is 0.0714. The highest BCUT2D eigenvalue weighted by atomic mass is 35.5. The van der Waals surface area contributed by atoms with Crippen molar-refractivity contribution in [2.75, 3.05) is 11.6 Å². The molecule has 0 bridgehead atoms. The van der Waals surface area contributed by atoms with Crippen molar-refractivity contribution in [3.05, 3.63) is 59.1 Å². The molecule has 0 saturated carbocycles. The second-order valence-corrected chi connectivity index (χ2v) is 4.95. The molecule has 0 unspecified atom stereocenters. The van der Waals surface area contributed by atoms with E-state index in [2.05, 4.69) is 5.32 Å².